The van der Waals surface area contributed by atoms with Crippen LogP contribution in [0.25, 0.3) is 0 Å². The molecule has 0 spiro atoms. The lowest BCUT2D eigenvalue weighted by Gasteiger charge is -2.16. The molecule has 2 rings (SSSR count). The number of pyridine rings is 1. The Balaban J connectivity index is 2.25. The number of rotatable bonds is 1. The van der Waals surface area contributed by atoms with Crippen LogP contribution in [0.5, 0.6) is 0 Å². The first-order valence-corrected chi connectivity index (χ1v) is 4.43. The minimum atomic E-state index is -0.378. The average Bonchev–Trinajstić information content (AvgIpc) is 2.62. The molecule has 1 aliphatic heterocycles. The zero-order valence-electron chi connectivity index (χ0n) is 7.33. The van der Waals surface area contributed by atoms with E-state index in [1.165, 1.54) is 12.3 Å². The summed E-state index contributed by atoms with van der Waals surface area (Å²) in [5.41, 5.74) is 0.114. The van der Waals surface area contributed by atoms with Crippen molar-refractivity contribution < 1.29 is 4.39 Å². The second-order valence-corrected chi connectivity index (χ2v) is 3.26. The van der Waals surface area contributed by atoms with E-state index in [9.17, 15) is 4.39 Å². The lowest BCUT2D eigenvalue weighted by Crippen LogP contribution is -2.21. The average molecular weight is 176 g/mol. The second kappa shape index (κ2) is 3.36. The van der Waals surface area contributed by atoms with Crippen molar-refractivity contribution in [1.29, 1.82) is 0 Å². The molecule has 1 aromatic rings. The summed E-state index contributed by atoms with van der Waals surface area (Å²) >= 11 is 0. The Bertz CT molecular complexity index is 310. The molecule has 1 fully saturated rings. The highest BCUT2D eigenvalue weighted by molar-refractivity contribution is 6.32. The monoisotopic (exact) mass is 176 g/mol. The van der Waals surface area contributed by atoms with Crippen molar-refractivity contribution >= 4 is 19.1 Å². The van der Waals surface area contributed by atoms with Gasteiger partial charge in [0.05, 0.1) is 0 Å². The van der Waals surface area contributed by atoms with Crippen LogP contribution >= 0.6 is 0 Å². The Labute approximate surface area is 78.2 Å². The van der Waals surface area contributed by atoms with Gasteiger partial charge in [-0.05, 0) is 18.3 Å². The van der Waals surface area contributed by atoms with Gasteiger partial charge in [-0.3, -0.25) is 0 Å². The molecule has 1 aromatic heterocycles. The van der Waals surface area contributed by atoms with Crippen molar-refractivity contribution in [3.05, 3.63) is 18.1 Å². The van der Waals surface area contributed by atoms with Gasteiger partial charge in [0.1, 0.15) is 19.5 Å². The summed E-state index contributed by atoms with van der Waals surface area (Å²) in [6.45, 7) is 1.94. The molecule has 0 N–H and O–H groups in total. The Hall–Kier alpha value is -1.06. The van der Waals surface area contributed by atoms with Crippen molar-refractivity contribution in [3.8, 4) is 0 Å². The van der Waals surface area contributed by atoms with Gasteiger partial charge < -0.3 is 4.90 Å². The van der Waals surface area contributed by atoms with Crippen LogP contribution in [-0.2, 0) is 0 Å². The summed E-state index contributed by atoms with van der Waals surface area (Å²) in [6.07, 6.45) is 3.70. The summed E-state index contributed by atoms with van der Waals surface area (Å²) < 4.78 is 13.0. The van der Waals surface area contributed by atoms with Gasteiger partial charge in [-0.15, -0.1) is 0 Å². The second-order valence-electron chi connectivity index (χ2n) is 3.26. The van der Waals surface area contributed by atoms with Gasteiger partial charge in [-0.1, -0.05) is 0 Å². The molecule has 2 nitrogen and oxygen atoms in total. The number of hydrogen-bond acceptors (Lipinski definition) is 2. The van der Waals surface area contributed by atoms with Gasteiger partial charge in [0.25, 0.3) is 0 Å². The molecule has 0 unspecified atom stereocenters. The SMILES string of the molecule is [B]c1cnc(N2CCCC2)cc1F. The zero-order chi connectivity index (χ0) is 9.26. The number of hydrogen-bond donors (Lipinski definition) is 0. The van der Waals surface area contributed by atoms with E-state index >= 15 is 0 Å². The fourth-order valence-electron chi connectivity index (χ4n) is 1.55. The van der Waals surface area contributed by atoms with Gasteiger partial charge in [0.15, 0.2) is 0 Å². The predicted molar refractivity (Wildman–Crippen MR) is 51.0 cm³/mol. The normalized spacial score (nSPS) is 16.5. The van der Waals surface area contributed by atoms with Gasteiger partial charge in [0, 0.05) is 25.4 Å². The lowest BCUT2D eigenvalue weighted by molar-refractivity contribution is 0.633. The van der Waals surface area contributed by atoms with Crippen molar-refractivity contribution in [3.63, 3.8) is 0 Å². The van der Waals surface area contributed by atoms with E-state index < -0.39 is 0 Å². The summed E-state index contributed by atoms with van der Waals surface area (Å²) in [7, 11) is 5.33. The molecule has 0 atom stereocenters. The largest absolute Gasteiger partial charge is 0.357 e. The predicted octanol–water partition coefficient (Wildman–Crippen LogP) is 0.615. The molecule has 0 aromatic carbocycles. The molecule has 0 bridgehead atoms. The first-order chi connectivity index (χ1) is 6.27. The smallest absolute Gasteiger partial charge is 0.131 e. The van der Waals surface area contributed by atoms with E-state index in [1.54, 1.807) is 0 Å². The molecule has 13 heavy (non-hydrogen) atoms. The third kappa shape index (κ3) is 1.66. The van der Waals surface area contributed by atoms with Crippen LogP contribution < -0.4 is 10.4 Å². The molecular formula is C9H10BFN2. The van der Waals surface area contributed by atoms with Gasteiger partial charge in [0.2, 0.25) is 0 Å². The maximum absolute atomic E-state index is 13.0. The number of aromatic nitrogens is 1. The Morgan fingerprint density at radius 3 is 2.69 bits per heavy atom. The third-order valence-electron chi connectivity index (χ3n) is 2.30. The maximum atomic E-state index is 13.0. The van der Waals surface area contributed by atoms with E-state index in [2.05, 4.69) is 9.88 Å². The Morgan fingerprint density at radius 1 is 1.38 bits per heavy atom. The minimum Gasteiger partial charge on any atom is -0.357 e. The summed E-state index contributed by atoms with van der Waals surface area (Å²) in [4.78, 5) is 6.15. The zero-order valence-corrected chi connectivity index (χ0v) is 7.33. The molecule has 2 heterocycles. The highest BCUT2D eigenvalue weighted by Crippen LogP contribution is 2.16. The quantitative estimate of drug-likeness (QED) is 0.583. The van der Waals surface area contributed by atoms with Crippen LogP contribution in [0.1, 0.15) is 12.8 Å². The Morgan fingerprint density at radius 2 is 2.08 bits per heavy atom. The summed E-state index contributed by atoms with van der Waals surface area (Å²) in [6, 6.07) is 1.40. The highest BCUT2D eigenvalue weighted by atomic mass is 19.1. The van der Waals surface area contributed by atoms with E-state index in [4.69, 9.17) is 7.85 Å². The highest BCUT2D eigenvalue weighted by Gasteiger charge is 2.13. The van der Waals surface area contributed by atoms with Crippen molar-refractivity contribution in [2.24, 2.45) is 0 Å². The van der Waals surface area contributed by atoms with Crippen LogP contribution in [0.2, 0.25) is 0 Å². The molecule has 0 aliphatic carbocycles. The first-order valence-electron chi connectivity index (χ1n) is 4.43. The topological polar surface area (TPSA) is 16.1 Å². The van der Waals surface area contributed by atoms with Gasteiger partial charge in [-0.25, -0.2) is 9.37 Å². The van der Waals surface area contributed by atoms with Crippen LogP contribution in [0.4, 0.5) is 10.2 Å². The number of anilines is 1. The molecule has 66 valence electrons. The molecular weight excluding hydrogens is 166 g/mol. The molecule has 1 aliphatic rings. The number of halogens is 1. The fraction of sp³-hybridized carbons (Fsp3) is 0.444. The molecule has 0 saturated carbocycles. The molecule has 4 heteroatoms. The minimum absolute atomic E-state index is 0.114. The van der Waals surface area contributed by atoms with Crippen LogP contribution in [0.3, 0.4) is 0 Å². The standard InChI is InChI=1S/C9H10BFN2/c10-7-6-12-9(5-8(7)11)13-3-1-2-4-13/h5-6H,1-4H2. The van der Waals surface area contributed by atoms with E-state index in [0.717, 1.165) is 25.9 Å². The van der Waals surface area contributed by atoms with Gasteiger partial charge >= 0.3 is 0 Å². The summed E-state index contributed by atoms with van der Waals surface area (Å²) in [5, 5.41) is 0. The van der Waals surface area contributed by atoms with Crippen molar-refractivity contribution in [2.75, 3.05) is 18.0 Å². The fourth-order valence-corrected chi connectivity index (χ4v) is 1.55. The Kier molecular flexibility index (Phi) is 2.21. The lowest BCUT2D eigenvalue weighted by atomic mass is 9.98. The van der Waals surface area contributed by atoms with Crippen LogP contribution in [0, 0.1) is 5.82 Å². The van der Waals surface area contributed by atoms with Gasteiger partial charge in [-0.2, -0.15) is 0 Å². The van der Waals surface area contributed by atoms with Crippen molar-refractivity contribution in [1.82, 2.24) is 4.98 Å². The third-order valence-corrected chi connectivity index (χ3v) is 2.30. The van der Waals surface area contributed by atoms with Crippen LogP contribution in [-0.4, -0.2) is 25.9 Å². The van der Waals surface area contributed by atoms with E-state index in [0.29, 0.717) is 5.82 Å². The van der Waals surface area contributed by atoms with Crippen molar-refractivity contribution in [2.45, 2.75) is 12.8 Å². The number of nitrogens with zero attached hydrogens (tertiary/aromatic N) is 2. The molecule has 0 amide bonds. The van der Waals surface area contributed by atoms with E-state index in [-0.39, 0.29) is 11.3 Å². The first kappa shape index (κ1) is 8.54. The molecule has 1 saturated heterocycles. The maximum Gasteiger partial charge on any atom is 0.131 e. The van der Waals surface area contributed by atoms with E-state index in [1.807, 2.05) is 0 Å². The molecule has 2 radical (unpaired) electrons. The van der Waals surface area contributed by atoms with Crippen LogP contribution in [0.15, 0.2) is 12.3 Å². The summed E-state index contributed by atoms with van der Waals surface area (Å²) in [5.74, 6) is 0.320.